The van der Waals surface area contributed by atoms with E-state index in [4.69, 9.17) is 4.74 Å². The summed E-state index contributed by atoms with van der Waals surface area (Å²) < 4.78 is 5.04. The Hall–Kier alpha value is -1.55. The maximum atomic E-state index is 5.04. The van der Waals surface area contributed by atoms with Crippen molar-refractivity contribution in [2.24, 2.45) is 4.99 Å². The Morgan fingerprint density at radius 1 is 1.24 bits per heavy atom. The summed E-state index contributed by atoms with van der Waals surface area (Å²) in [6, 6.07) is 10.6. The van der Waals surface area contributed by atoms with Crippen LogP contribution in [0, 0.1) is 0 Å². The number of rotatable bonds is 9. The molecule has 4 nitrogen and oxygen atoms in total. The molecule has 0 aliphatic heterocycles. The Balaban J connectivity index is 2.32. The number of benzene rings is 1. The van der Waals surface area contributed by atoms with Crippen LogP contribution in [0.15, 0.2) is 35.3 Å². The van der Waals surface area contributed by atoms with Gasteiger partial charge in [0.05, 0.1) is 0 Å². The van der Waals surface area contributed by atoms with Crippen LogP contribution in [0.25, 0.3) is 0 Å². The summed E-state index contributed by atoms with van der Waals surface area (Å²) in [5.74, 6) is 1.45. The third-order valence-corrected chi connectivity index (χ3v) is 3.36. The molecule has 0 aliphatic carbocycles. The average Bonchev–Trinajstić information content (AvgIpc) is 2.52. The van der Waals surface area contributed by atoms with Gasteiger partial charge < -0.3 is 15.4 Å². The Morgan fingerprint density at radius 3 is 2.67 bits per heavy atom. The Kier molecular flexibility index (Phi) is 9.29. The summed E-state index contributed by atoms with van der Waals surface area (Å²) in [5, 5.41) is 6.67. The van der Waals surface area contributed by atoms with Gasteiger partial charge in [-0.15, -0.1) is 0 Å². The van der Waals surface area contributed by atoms with Gasteiger partial charge in [-0.25, -0.2) is 0 Å². The smallest absolute Gasteiger partial charge is 0.191 e. The highest BCUT2D eigenvalue weighted by molar-refractivity contribution is 5.79. The number of hydrogen-bond acceptors (Lipinski definition) is 2. The number of methoxy groups -OCH3 is 1. The van der Waals surface area contributed by atoms with Crippen molar-refractivity contribution in [2.75, 3.05) is 33.4 Å². The largest absolute Gasteiger partial charge is 0.385 e. The van der Waals surface area contributed by atoms with E-state index in [0.717, 1.165) is 45.0 Å². The van der Waals surface area contributed by atoms with E-state index in [2.05, 4.69) is 59.8 Å². The maximum absolute atomic E-state index is 5.04. The minimum atomic E-state index is 0.551. The fourth-order valence-corrected chi connectivity index (χ4v) is 2.10. The monoisotopic (exact) mass is 291 g/mol. The van der Waals surface area contributed by atoms with Crippen LogP contribution in [-0.4, -0.2) is 39.3 Å². The van der Waals surface area contributed by atoms with E-state index in [1.54, 1.807) is 7.11 Å². The highest BCUT2D eigenvalue weighted by Gasteiger charge is 2.05. The van der Waals surface area contributed by atoms with Crippen LogP contribution in [0.2, 0.25) is 0 Å². The molecular weight excluding hydrogens is 262 g/mol. The molecule has 0 spiro atoms. The topological polar surface area (TPSA) is 45.7 Å². The summed E-state index contributed by atoms with van der Waals surface area (Å²) in [6.07, 6.45) is 2.04. The van der Waals surface area contributed by atoms with Crippen LogP contribution in [-0.2, 0) is 4.74 Å². The van der Waals surface area contributed by atoms with E-state index >= 15 is 0 Å². The zero-order valence-corrected chi connectivity index (χ0v) is 13.6. The third kappa shape index (κ3) is 7.71. The Morgan fingerprint density at radius 2 is 2.00 bits per heavy atom. The summed E-state index contributed by atoms with van der Waals surface area (Å²) in [7, 11) is 1.72. The van der Waals surface area contributed by atoms with Crippen molar-refractivity contribution in [3.63, 3.8) is 0 Å². The van der Waals surface area contributed by atoms with Crippen molar-refractivity contribution >= 4 is 5.96 Å². The first-order valence-corrected chi connectivity index (χ1v) is 7.84. The number of ether oxygens (including phenoxy) is 1. The van der Waals surface area contributed by atoms with Gasteiger partial charge >= 0.3 is 0 Å². The molecule has 0 amide bonds. The van der Waals surface area contributed by atoms with E-state index < -0.39 is 0 Å². The SMILES string of the molecule is CCNC(=NCCCOC)NCCC(C)c1ccccc1. The second-order valence-corrected chi connectivity index (χ2v) is 5.13. The molecule has 1 aromatic carbocycles. The molecule has 21 heavy (non-hydrogen) atoms. The number of hydrogen-bond donors (Lipinski definition) is 2. The minimum absolute atomic E-state index is 0.551. The summed E-state index contributed by atoms with van der Waals surface area (Å²) in [5.41, 5.74) is 1.39. The molecule has 0 aliphatic rings. The fraction of sp³-hybridized carbons (Fsp3) is 0.588. The lowest BCUT2D eigenvalue weighted by Crippen LogP contribution is -2.38. The highest BCUT2D eigenvalue weighted by atomic mass is 16.5. The standard InChI is InChI=1S/C17H29N3O/c1-4-18-17(19-12-8-14-21-3)20-13-11-15(2)16-9-6-5-7-10-16/h5-7,9-10,15H,4,8,11-14H2,1-3H3,(H2,18,19,20). The zero-order chi connectivity index (χ0) is 15.3. The van der Waals surface area contributed by atoms with E-state index in [0.29, 0.717) is 5.92 Å². The number of guanidine groups is 1. The molecule has 1 aromatic rings. The molecule has 0 bridgehead atoms. The van der Waals surface area contributed by atoms with Gasteiger partial charge in [-0.1, -0.05) is 37.3 Å². The maximum Gasteiger partial charge on any atom is 0.191 e. The number of nitrogens with one attached hydrogen (secondary N) is 2. The molecule has 1 rings (SSSR count). The molecule has 118 valence electrons. The van der Waals surface area contributed by atoms with E-state index in [1.165, 1.54) is 5.56 Å². The Labute approximate surface area is 129 Å². The second kappa shape index (κ2) is 11.1. The van der Waals surface area contributed by atoms with Gasteiger partial charge in [-0.2, -0.15) is 0 Å². The predicted octanol–water partition coefficient (Wildman–Crippen LogP) is 2.77. The zero-order valence-electron chi connectivity index (χ0n) is 13.6. The molecule has 2 N–H and O–H groups in total. The van der Waals surface area contributed by atoms with Crippen molar-refractivity contribution in [1.29, 1.82) is 0 Å². The minimum Gasteiger partial charge on any atom is -0.385 e. The summed E-state index contributed by atoms with van der Waals surface area (Å²) >= 11 is 0. The van der Waals surface area contributed by atoms with Crippen LogP contribution in [0.1, 0.15) is 38.2 Å². The molecular formula is C17H29N3O. The van der Waals surface area contributed by atoms with Crippen LogP contribution in [0.3, 0.4) is 0 Å². The van der Waals surface area contributed by atoms with Crippen LogP contribution in [0.4, 0.5) is 0 Å². The first-order valence-electron chi connectivity index (χ1n) is 7.84. The van der Waals surface area contributed by atoms with Crippen LogP contribution >= 0.6 is 0 Å². The van der Waals surface area contributed by atoms with Gasteiger partial charge in [0.15, 0.2) is 5.96 Å². The molecule has 1 atom stereocenters. The predicted molar refractivity (Wildman–Crippen MR) is 89.9 cm³/mol. The summed E-state index contributed by atoms with van der Waals surface area (Å²) in [4.78, 5) is 4.53. The van der Waals surface area contributed by atoms with Gasteiger partial charge in [-0.3, -0.25) is 4.99 Å². The highest BCUT2D eigenvalue weighted by Crippen LogP contribution is 2.17. The normalized spacial score (nSPS) is 13.0. The van der Waals surface area contributed by atoms with Gasteiger partial charge in [0.1, 0.15) is 0 Å². The van der Waals surface area contributed by atoms with Crippen LogP contribution in [0.5, 0.6) is 0 Å². The molecule has 0 radical (unpaired) electrons. The molecule has 0 aromatic heterocycles. The van der Waals surface area contributed by atoms with E-state index in [-0.39, 0.29) is 0 Å². The van der Waals surface area contributed by atoms with Crippen molar-refractivity contribution in [2.45, 2.75) is 32.6 Å². The van der Waals surface area contributed by atoms with Crippen molar-refractivity contribution in [3.05, 3.63) is 35.9 Å². The summed E-state index contributed by atoms with van der Waals surface area (Å²) in [6.45, 7) is 7.69. The van der Waals surface area contributed by atoms with Crippen molar-refractivity contribution < 1.29 is 4.74 Å². The average molecular weight is 291 g/mol. The fourth-order valence-electron chi connectivity index (χ4n) is 2.10. The van der Waals surface area contributed by atoms with Crippen molar-refractivity contribution in [1.82, 2.24) is 10.6 Å². The lowest BCUT2D eigenvalue weighted by molar-refractivity contribution is 0.197. The van der Waals surface area contributed by atoms with E-state index in [1.807, 2.05) is 0 Å². The molecule has 0 saturated heterocycles. The molecule has 0 saturated carbocycles. The van der Waals surface area contributed by atoms with Gasteiger partial charge in [0, 0.05) is 33.4 Å². The van der Waals surface area contributed by atoms with E-state index in [9.17, 15) is 0 Å². The number of aliphatic imine (C=N–C) groups is 1. The molecule has 0 fully saturated rings. The van der Waals surface area contributed by atoms with Crippen molar-refractivity contribution in [3.8, 4) is 0 Å². The Bertz CT molecular complexity index is 392. The molecule has 1 unspecified atom stereocenters. The van der Waals surface area contributed by atoms with Gasteiger partial charge in [-0.05, 0) is 31.2 Å². The third-order valence-electron chi connectivity index (χ3n) is 3.36. The lowest BCUT2D eigenvalue weighted by atomic mass is 9.98. The second-order valence-electron chi connectivity index (χ2n) is 5.13. The molecule has 0 heterocycles. The first kappa shape index (κ1) is 17.5. The molecule has 4 heteroatoms. The first-order chi connectivity index (χ1) is 10.3. The lowest BCUT2D eigenvalue weighted by Gasteiger charge is -2.15. The quantitative estimate of drug-likeness (QED) is 0.418. The van der Waals surface area contributed by atoms with Crippen LogP contribution < -0.4 is 10.6 Å². The van der Waals surface area contributed by atoms with Gasteiger partial charge in [0.2, 0.25) is 0 Å². The number of nitrogens with zero attached hydrogens (tertiary/aromatic N) is 1. The van der Waals surface area contributed by atoms with Gasteiger partial charge in [0.25, 0.3) is 0 Å².